The number of rotatable bonds is 1. The molecule has 1 N–H and O–H groups in total. The van der Waals surface area contributed by atoms with Gasteiger partial charge in [0.05, 0.1) is 29.3 Å². The van der Waals surface area contributed by atoms with Crippen LogP contribution in [-0.2, 0) is 4.74 Å². The highest BCUT2D eigenvalue weighted by Crippen LogP contribution is 2.37. The first kappa shape index (κ1) is 13.5. The van der Waals surface area contributed by atoms with Crippen LogP contribution in [-0.4, -0.2) is 41.8 Å². The van der Waals surface area contributed by atoms with Crippen molar-refractivity contribution in [1.29, 1.82) is 0 Å². The van der Waals surface area contributed by atoms with Crippen LogP contribution in [0, 0.1) is 0 Å². The number of methoxy groups -OCH3 is 1. The molecule has 2 amide bonds. The Morgan fingerprint density at radius 3 is 2.65 bits per heavy atom. The molecule has 0 fully saturated rings. The summed E-state index contributed by atoms with van der Waals surface area (Å²) in [7, 11) is 2.71. The zero-order valence-electron chi connectivity index (χ0n) is 12.5. The lowest BCUT2D eigenvalue weighted by Crippen LogP contribution is -2.24. The molecule has 6 heteroatoms. The van der Waals surface area contributed by atoms with E-state index in [0.717, 1.165) is 15.8 Å². The largest absolute Gasteiger partial charge is 0.465 e. The third-order valence-corrected chi connectivity index (χ3v) is 4.24. The van der Waals surface area contributed by atoms with E-state index in [4.69, 9.17) is 4.74 Å². The molecule has 0 unspecified atom stereocenters. The fraction of sp³-hybridized carbons (Fsp3) is 0.118. The van der Waals surface area contributed by atoms with Crippen molar-refractivity contribution in [3.05, 3.63) is 47.0 Å². The van der Waals surface area contributed by atoms with Crippen LogP contribution >= 0.6 is 0 Å². The van der Waals surface area contributed by atoms with Gasteiger partial charge in [-0.05, 0) is 12.1 Å². The number of carbonyl (C=O) groups is 3. The molecule has 1 aliphatic heterocycles. The zero-order chi connectivity index (χ0) is 16.3. The van der Waals surface area contributed by atoms with Crippen LogP contribution in [0.15, 0.2) is 30.3 Å². The summed E-state index contributed by atoms with van der Waals surface area (Å²) in [5.74, 6) is -1.34. The molecule has 0 radical (unpaired) electrons. The molecular weight excluding hydrogens is 296 g/mol. The van der Waals surface area contributed by atoms with Gasteiger partial charge in [-0.2, -0.15) is 0 Å². The Balaban J connectivity index is 2.25. The Morgan fingerprint density at radius 2 is 1.91 bits per heavy atom. The van der Waals surface area contributed by atoms with Crippen LogP contribution in [0.4, 0.5) is 0 Å². The summed E-state index contributed by atoms with van der Waals surface area (Å²) in [5.41, 5.74) is 2.10. The molecule has 23 heavy (non-hydrogen) atoms. The monoisotopic (exact) mass is 308 g/mol. The molecule has 2 heterocycles. The van der Waals surface area contributed by atoms with Gasteiger partial charge in [0.15, 0.2) is 0 Å². The van der Waals surface area contributed by atoms with Gasteiger partial charge in [0.1, 0.15) is 0 Å². The smallest absolute Gasteiger partial charge is 0.340 e. The van der Waals surface area contributed by atoms with Crippen molar-refractivity contribution in [2.45, 2.75) is 0 Å². The van der Waals surface area contributed by atoms with Gasteiger partial charge >= 0.3 is 5.97 Å². The zero-order valence-corrected chi connectivity index (χ0v) is 12.5. The molecule has 0 atom stereocenters. The highest BCUT2D eigenvalue weighted by atomic mass is 16.5. The predicted molar refractivity (Wildman–Crippen MR) is 83.6 cm³/mol. The molecule has 0 saturated heterocycles. The fourth-order valence-electron chi connectivity index (χ4n) is 3.13. The molecule has 1 aromatic heterocycles. The summed E-state index contributed by atoms with van der Waals surface area (Å²) in [4.78, 5) is 41.1. The first-order valence-corrected chi connectivity index (χ1v) is 7.02. The van der Waals surface area contributed by atoms with Crippen LogP contribution in [0.3, 0.4) is 0 Å². The minimum absolute atomic E-state index is 0.232. The van der Waals surface area contributed by atoms with Crippen LogP contribution in [0.2, 0.25) is 0 Å². The lowest BCUT2D eigenvalue weighted by molar-refractivity contribution is 0.0602. The Labute approximate surface area is 130 Å². The van der Waals surface area contributed by atoms with E-state index in [1.807, 2.05) is 24.3 Å². The lowest BCUT2D eigenvalue weighted by Gasteiger charge is -2.05. The summed E-state index contributed by atoms with van der Waals surface area (Å²) >= 11 is 0. The summed E-state index contributed by atoms with van der Waals surface area (Å²) in [6, 6.07) is 8.84. The normalized spacial score (nSPS) is 13.9. The van der Waals surface area contributed by atoms with Crippen LogP contribution < -0.4 is 0 Å². The average Bonchev–Trinajstić information content (AvgIpc) is 3.05. The minimum Gasteiger partial charge on any atom is -0.465 e. The average molecular weight is 308 g/mol. The number of aromatic nitrogens is 1. The number of ether oxygens (including phenoxy) is 1. The molecule has 0 spiro atoms. The van der Waals surface area contributed by atoms with E-state index >= 15 is 0 Å². The van der Waals surface area contributed by atoms with Crippen molar-refractivity contribution in [2.75, 3.05) is 14.2 Å². The Bertz CT molecular complexity index is 1030. The second-order valence-electron chi connectivity index (χ2n) is 5.43. The van der Waals surface area contributed by atoms with Crippen molar-refractivity contribution in [2.24, 2.45) is 0 Å². The predicted octanol–water partition coefficient (Wildman–Crippen LogP) is 2.33. The van der Waals surface area contributed by atoms with E-state index in [-0.39, 0.29) is 17.0 Å². The van der Waals surface area contributed by atoms with Gasteiger partial charge in [-0.15, -0.1) is 0 Å². The second-order valence-corrected chi connectivity index (χ2v) is 5.43. The molecular formula is C17H12N2O4. The summed E-state index contributed by atoms with van der Waals surface area (Å²) in [5, 5.41) is 1.38. The number of aromatic amines is 1. The number of nitrogens with zero attached hydrogens (tertiary/aromatic N) is 1. The van der Waals surface area contributed by atoms with Crippen molar-refractivity contribution in [3.8, 4) is 0 Å². The summed E-state index contributed by atoms with van der Waals surface area (Å²) in [6.45, 7) is 0. The first-order valence-electron chi connectivity index (χ1n) is 7.02. The third-order valence-electron chi connectivity index (χ3n) is 4.24. The van der Waals surface area contributed by atoms with Gasteiger partial charge in [0.25, 0.3) is 11.8 Å². The molecule has 0 saturated carbocycles. The molecule has 0 bridgehead atoms. The molecule has 4 rings (SSSR count). The first-order chi connectivity index (χ1) is 11.0. The van der Waals surface area contributed by atoms with Crippen LogP contribution in [0.25, 0.3) is 21.8 Å². The number of fused-ring (bicyclic) bond motifs is 5. The van der Waals surface area contributed by atoms with Crippen molar-refractivity contribution in [3.63, 3.8) is 0 Å². The number of hydrogen-bond acceptors (Lipinski definition) is 4. The van der Waals surface area contributed by atoms with E-state index < -0.39 is 11.9 Å². The molecule has 6 nitrogen and oxygen atoms in total. The van der Waals surface area contributed by atoms with Gasteiger partial charge in [0, 0.05) is 23.3 Å². The van der Waals surface area contributed by atoms with Gasteiger partial charge in [-0.1, -0.05) is 18.2 Å². The van der Waals surface area contributed by atoms with Gasteiger partial charge in [-0.3, -0.25) is 14.5 Å². The molecule has 3 aromatic rings. The number of amides is 2. The SMILES string of the molecule is COC(=O)c1cc2c(c3c1[nH]c1ccccc13)C(=O)N(C)C2=O. The van der Waals surface area contributed by atoms with Crippen molar-refractivity contribution in [1.82, 2.24) is 9.88 Å². The maximum absolute atomic E-state index is 12.5. The number of imide groups is 1. The topological polar surface area (TPSA) is 79.5 Å². The number of para-hydroxylation sites is 1. The van der Waals surface area contributed by atoms with E-state index in [0.29, 0.717) is 16.5 Å². The number of carbonyl (C=O) groups excluding carboxylic acids is 3. The standard InChI is InChI=1S/C17H12N2O4/c1-19-15(20)9-7-10(17(22)23-2)14-12(13(9)16(19)21)8-5-3-4-6-11(8)18-14/h3-7,18H,1-2H3. The van der Waals surface area contributed by atoms with Crippen molar-refractivity contribution >= 4 is 39.6 Å². The number of hydrogen-bond donors (Lipinski definition) is 1. The Morgan fingerprint density at radius 1 is 1.17 bits per heavy atom. The highest BCUT2D eigenvalue weighted by Gasteiger charge is 2.37. The van der Waals surface area contributed by atoms with E-state index in [9.17, 15) is 14.4 Å². The highest BCUT2D eigenvalue weighted by molar-refractivity contribution is 6.31. The Kier molecular flexibility index (Phi) is 2.60. The third kappa shape index (κ3) is 1.60. The molecule has 0 aliphatic carbocycles. The Hall–Kier alpha value is -3.15. The summed E-state index contributed by atoms with van der Waals surface area (Å²) < 4.78 is 4.82. The molecule has 114 valence electrons. The van der Waals surface area contributed by atoms with Crippen LogP contribution in [0.5, 0.6) is 0 Å². The van der Waals surface area contributed by atoms with Gasteiger partial charge < -0.3 is 9.72 Å². The number of benzene rings is 2. The maximum Gasteiger partial charge on any atom is 0.340 e. The van der Waals surface area contributed by atoms with E-state index in [2.05, 4.69) is 4.98 Å². The van der Waals surface area contributed by atoms with Gasteiger partial charge in [-0.25, -0.2) is 4.79 Å². The maximum atomic E-state index is 12.5. The second kappa shape index (κ2) is 4.42. The quantitative estimate of drug-likeness (QED) is 0.553. The van der Waals surface area contributed by atoms with E-state index in [1.54, 1.807) is 0 Å². The number of nitrogens with one attached hydrogen (secondary N) is 1. The molecule has 2 aromatic carbocycles. The van der Waals surface area contributed by atoms with E-state index in [1.165, 1.54) is 20.2 Å². The summed E-state index contributed by atoms with van der Waals surface area (Å²) in [6.07, 6.45) is 0. The van der Waals surface area contributed by atoms with Crippen molar-refractivity contribution < 1.29 is 19.1 Å². The number of H-pyrrole nitrogens is 1. The number of esters is 1. The molecule has 1 aliphatic rings. The lowest BCUT2D eigenvalue weighted by atomic mass is 9.98. The van der Waals surface area contributed by atoms with Crippen LogP contribution in [0.1, 0.15) is 31.1 Å². The minimum atomic E-state index is -0.556. The fourth-order valence-corrected chi connectivity index (χ4v) is 3.13. The van der Waals surface area contributed by atoms with Gasteiger partial charge in [0.2, 0.25) is 0 Å².